The number of amides is 1. The van der Waals surface area contributed by atoms with Crippen molar-refractivity contribution in [2.24, 2.45) is 11.7 Å². The SMILES string of the molecule is CSCC[C@H](N)C(=O)NC(C)CC(C)C.Cl. The van der Waals surface area contributed by atoms with Gasteiger partial charge in [-0.2, -0.15) is 11.8 Å². The Hall–Kier alpha value is 0.0700. The quantitative estimate of drug-likeness (QED) is 0.743. The van der Waals surface area contributed by atoms with E-state index in [0.717, 1.165) is 18.6 Å². The second-order valence-corrected chi connectivity index (χ2v) is 5.41. The van der Waals surface area contributed by atoms with E-state index >= 15 is 0 Å². The molecule has 0 radical (unpaired) electrons. The van der Waals surface area contributed by atoms with E-state index in [-0.39, 0.29) is 30.4 Å². The second kappa shape index (κ2) is 10.2. The molecular weight excluding hydrogens is 244 g/mol. The van der Waals surface area contributed by atoms with Crippen molar-refractivity contribution in [1.82, 2.24) is 5.32 Å². The van der Waals surface area contributed by atoms with Crippen molar-refractivity contribution in [2.75, 3.05) is 12.0 Å². The summed E-state index contributed by atoms with van der Waals surface area (Å²) in [6.45, 7) is 6.33. The molecule has 0 heterocycles. The summed E-state index contributed by atoms with van der Waals surface area (Å²) in [4.78, 5) is 11.6. The van der Waals surface area contributed by atoms with Gasteiger partial charge < -0.3 is 11.1 Å². The van der Waals surface area contributed by atoms with Crippen molar-refractivity contribution in [1.29, 1.82) is 0 Å². The molecule has 0 aromatic rings. The molecule has 5 heteroatoms. The van der Waals surface area contributed by atoms with Gasteiger partial charge in [0.1, 0.15) is 0 Å². The predicted octanol–water partition coefficient (Wildman–Crippen LogP) is 2.04. The first-order chi connectivity index (χ1) is 6.97. The van der Waals surface area contributed by atoms with Gasteiger partial charge in [-0.25, -0.2) is 0 Å². The van der Waals surface area contributed by atoms with Gasteiger partial charge >= 0.3 is 0 Å². The van der Waals surface area contributed by atoms with Crippen molar-refractivity contribution in [3.63, 3.8) is 0 Å². The smallest absolute Gasteiger partial charge is 0.237 e. The monoisotopic (exact) mass is 268 g/mol. The lowest BCUT2D eigenvalue weighted by Crippen LogP contribution is -2.45. The third-order valence-electron chi connectivity index (χ3n) is 2.18. The number of carbonyl (C=O) groups excluding carboxylic acids is 1. The van der Waals surface area contributed by atoms with Gasteiger partial charge in [0.15, 0.2) is 0 Å². The van der Waals surface area contributed by atoms with Crippen LogP contribution in [0.1, 0.15) is 33.6 Å². The molecule has 0 aliphatic carbocycles. The lowest BCUT2D eigenvalue weighted by Gasteiger charge is -2.18. The van der Waals surface area contributed by atoms with Crippen LogP contribution in [0.5, 0.6) is 0 Å². The molecule has 16 heavy (non-hydrogen) atoms. The van der Waals surface area contributed by atoms with Gasteiger partial charge in [0, 0.05) is 6.04 Å². The average Bonchev–Trinajstić information content (AvgIpc) is 2.12. The van der Waals surface area contributed by atoms with Gasteiger partial charge in [-0.15, -0.1) is 12.4 Å². The molecule has 1 unspecified atom stereocenters. The summed E-state index contributed by atoms with van der Waals surface area (Å²) in [5, 5.41) is 2.95. The fourth-order valence-electron chi connectivity index (χ4n) is 1.49. The number of rotatable bonds is 7. The molecule has 0 bridgehead atoms. The first-order valence-electron chi connectivity index (χ1n) is 5.52. The second-order valence-electron chi connectivity index (χ2n) is 4.43. The minimum atomic E-state index is -0.355. The van der Waals surface area contributed by atoms with Crippen LogP contribution in [0.15, 0.2) is 0 Å². The predicted molar refractivity (Wildman–Crippen MR) is 75.3 cm³/mol. The Kier molecular flexibility index (Phi) is 11.8. The highest BCUT2D eigenvalue weighted by atomic mass is 35.5. The van der Waals surface area contributed by atoms with E-state index in [2.05, 4.69) is 19.2 Å². The van der Waals surface area contributed by atoms with Crippen molar-refractivity contribution >= 4 is 30.1 Å². The summed E-state index contributed by atoms with van der Waals surface area (Å²) < 4.78 is 0. The minimum Gasteiger partial charge on any atom is -0.352 e. The summed E-state index contributed by atoms with van der Waals surface area (Å²) in [6.07, 6.45) is 3.77. The third-order valence-corrected chi connectivity index (χ3v) is 2.83. The Morgan fingerprint density at radius 1 is 1.38 bits per heavy atom. The topological polar surface area (TPSA) is 55.1 Å². The van der Waals surface area contributed by atoms with Crippen molar-refractivity contribution in [3.8, 4) is 0 Å². The number of halogens is 1. The van der Waals surface area contributed by atoms with Crippen LogP contribution in [0.4, 0.5) is 0 Å². The Balaban J connectivity index is 0. The van der Waals surface area contributed by atoms with Gasteiger partial charge in [-0.3, -0.25) is 4.79 Å². The molecule has 3 nitrogen and oxygen atoms in total. The van der Waals surface area contributed by atoms with Gasteiger partial charge in [0.25, 0.3) is 0 Å². The number of hydrogen-bond acceptors (Lipinski definition) is 3. The third kappa shape index (κ3) is 9.31. The van der Waals surface area contributed by atoms with Crippen LogP contribution in [0.2, 0.25) is 0 Å². The molecule has 2 atom stereocenters. The Morgan fingerprint density at radius 3 is 2.38 bits per heavy atom. The Bertz CT molecular complexity index is 191. The normalized spacial score (nSPS) is 14.1. The zero-order valence-electron chi connectivity index (χ0n) is 10.7. The highest BCUT2D eigenvalue weighted by molar-refractivity contribution is 7.98. The van der Waals surface area contributed by atoms with E-state index in [1.54, 1.807) is 11.8 Å². The van der Waals surface area contributed by atoms with E-state index < -0.39 is 0 Å². The zero-order valence-corrected chi connectivity index (χ0v) is 12.3. The molecule has 0 aromatic heterocycles. The van der Waals surface area contributed by atoms with Crippen LogP contribution in [0.3, 0.4) is 0 Å². The maximum Gasteiger partial charge on any atom is 0.237 e. The average molecular weight is 269 g/mol. The molecule has 0 aliphatic rings. The van der Waals surface area contributed by atoms with Crippen LogP contribution in [-0.2, 0) is 4.79 Å². The number of carbonyl (C=O) groups is 1. The maximum absolute atomic E-state index is 11.6. The largest absolute Gasteiger partial charge is 0.352 e. The number of nitrogens with two attached hydrogens (primary N) is 1. The highest BCUT2D eigenvalue weighted by Gasteiger charge is 2.15. The standard InChI is InChI=1S/C11H24N2OS.ClH/c1-8(2)7-9(3)13-11(14)10(12)5-6-15-4;/h8-10H,5-7,12H2,1-4H3,(H,13,14);1H/t9?,10-;/m0./s1. The highest BCUT2D eigenvalue weighted by Crippen LogP contribution is 2.04. The molecule has 0 fully saturated rings. The van der Waals surface area contributed by atoms with Gasteiger partial charge in [-0.1, -0.05) is 13.8 Å². The van der Waals surface area contributed by atoms with Crippen LogP contribution in [0.25, 0.3) is 0 Å². The van der Waals surface area contributed by atoms with Crippen molar-refractivity contribution in [2.45, 2.75) is 45.7 Å². The molecular formula is C11H25ClN2OS. The van der Waals surface area contributed by atoms with Gasteiger partial charge in [0.05, 0.1) is 6.04 Å². The maximum atomic E-state index is 11.6. The lowest BCUT2D eigenvalue weighted by molar-refractivity contribution is -0.123. The van der Waals surface area contributed by atoms with Crippen LogP contribution < -0.4 is 11.1 Å². The van der Waals surface area contributed by atoms with E-state index in [0.29, 0.717) is 5.92 Å². The number of thioether (sulfide) groups is 1. The molecule has 1 amide bonds. The minimum absolute atomic E-state index is 0. The lowest BCUT2D eigenvalue weighted by atomic mass is 10.0. The summed E-state index contributed by atoms with van der Waals surface area (Å²) >= 11 is 1.72. The number of hydrogen-bond donors (Lipinski definition) is 2. The first-order valence-corrected chi connectivity index (χ1v) is 6.91. The number of nitrogens with one attached hydrogen (secondary N) is 1. The molecule has 0 rings (SSSR count). The van der Waals surface area contributed by atoms with Crippen molar-refractivity contribution < 1.29 is 4.79 Å². The fourth-order valence-corrected chi connectivity index (χ4v) is 1.98. The van der Waals surface area contributed by atoms with E-state index in [1.807, 2.05) is 13.2 Å². The van der Waals surface area contributed by atoms with Crippen LogP contribution in [-0.4, -0.2) is 30.0 Å². The summed E-state index contributed by atoms with van der Waals surface area (Å²) in [5.74, 6) is 1.52. The molecule has 0 saturated carbocycles. The van der Waals surface area contributed by atoms with Crippen molar-refractivity contribution in [3.05, 3.63) is 0 Å². The van der Waals surface area contributed by atoms with Crippen LogP contribution >= 0.6 is 24.2 Å². The first kappa shape index (κ1) is 18.4. The Morgan fingerprint density at radius 2 is 1.94 bits per heavy atom. The van der Waals surface area contributed by atoms with E-state index in [1.165, 1.54) is 0 Å². The summed E-state index contributed by atoms with van der Waals surface area (Å²) in [7, 11) is 0. The molecule has 0 aliphatic heterocycles. The van der Waals surface area contributed by atoms with Gasteiger partial charge in [-0.05, 0) is 37.7 Å². The summed E-state index contributed by atoms with van der Waals surface area (Å²) in [6, 6.07) is -0.134. The zero-order chi connectivity index (χ0) is 11.8. The van der Waals surface area contributed by atoms with E-state index in [4.69, 9.17) is 5.73 Å². The Labute approximate surface area is 110 Å². The van der Waals surface area contributed by atoms with Gasteiger partial charge in [0.2, 0.25) is 5.91 Å². The molecule has 0 saturated heterocycles. The molecule has 3 N–H and O–H groups in total. The summed E-state index contributed by atoms with van der Waals surface area (Å²) in [5.41, 5.74) is 5.76. The molecule has 98 valence electrons. The van der Waals surface area contributed by atoms with E-state index in [9.17, 15) is 4.79 Å². The molecule has 0 spiro atoms. The fraction of sp³-hybridized carbons (Fsp3) is 0.909. The molecule has 0 aromatic carbocycles. The van der Waals surface area contributed by atoms with Crippen LogP contribution in [0, 0.1) is 5.92 Å².